The lowest BCUT2D eigenvalue weighted by Gasteiger charge is -2.17. The molecule has 7 nitrogen and oxygen atoms in total. The Balaban J connectivity index is 2.88. The summed E-state index contributed by atoms with van der Waals surface area (Å²) in [5.41, 5.74) is 0.866. The molecule has 0 aromatic heterocycles. The molecule has 0 fully saturated rings. The highest BCUT2D eigenvalue weighted by Crippen LogP contribution is 2.15. The number of aliphatic carboxylic acids is 2. The Bertz CT molecular complexity index is 641. The van der Waals surface area contributed by atoms with E-state index < -0.39 is 33.3 Å². The summed E-state index contributed by atoms with van der Waals surface area (Å²) in [5, 5.41) is 17.0. The van der Waals surface area contributed by atoms with Crippen molar-refractivity contribution in [2.24, 2.45) is 0 Å². The van der Waals surface area contributed by atoms with Crippen LogP contribution in [0.15, 0.2) is 29.2 Å². The molecule has 9 heteroatoms. The first-order valence-corrected chi connectivity index (χ1v) is 8.33. The second kappa shape index (κ2) is 7.61. The monoisotopic (exact) mass is 347 g/mol. The maximum Gasteiger partial charge on any atom is 0.321 e. The maximum absolute atomic E-state index is 12.1. The predicted octanol–water partition coefficient (Wildman–Crippen LogP) is 0.890. The Morgan fingerprint density at radius 3 is 2.23 bits per heavy atom. The second-order valence-corrected chi connectivity index (χ2v) is 7.26. The Hall–Kier alpha value is -1.58. The highest BCUT2D eigenvalue weighted by atomic mass is 32.2. The van der Waals surface area contributed by atoms with Crippen molar-refractivity contribution in [1.82, 2.24) is 4.72 Å². The smallest absolute Gasteiger partial charge is 0.321 e. The van der Waals surface area contributed by atoms with E-state index in [-0.39, 0.29) is 17.7 Å². The summed E-state index contributed by atoms with van der Waals surface area (Å²) >= 11 is 3.97. The first kappa shape index (κ1) is 18.5. The minimum absolute atomic E-state index is 0.0571. The number of nitrogens with one attached hydrogen (secondary N) is 1. The van der Waals surface area contributed by atoms with Gasteiger partial charge in [0, 0.05) is 5.25 Å². The van der Waals surface area contributed by atoms with Gasteiger partial charge in [-0.05, 0) is 25.5 Å². The lowest BCUT2D eigenvalue weighted by Crippen LogP contribution is -2.42. The van der Waals surface area contributed by atoms with Gasteiger partial charge in [0.15, 0.2) is 0 Å². The van der Waals surface area contributed by atoms with Crippen LogP contribution in [0.1, 0.15) is 18.4 Å². The fraction of sp³-hybridized carbons (Fsp3) is 0.385. The summed E-state index contributed by atoms with van der Waals surface area (Å²) in [6, 6.07) is 4.47. The minimum Gasteiger partial charge on any atom is -0.481 e. The van der Waals surface area contributed by atoms with Gasteiger partial charge in [-0.3, -0.25) is 9.59 Å². The first-order chi connectivity index (χ1) is 10.1. The van der Waals surface area contributed by atoms with Gasteiger partial charge in [0.25, 0.3) is 0 Å². The molecule has 0 aliphatic rings. The lowest BCUT2D eigenvalue weighted by atomic mass is 10.1. The van der Waals surface area contributed by atoms with Crippen molar-refractivity contribution in [3.8, 4) is 0 Å². The minimum atomic E-state index is -4.01. The molecule has 122 valence electrons. The van der Waals surface area contributed by atoms with Gasteiger partial charge in [-0.2, -0.15) is 17.4 Å². The second-order valence-electron chi connectivity index (χ2n) is 4.81. The van der Waals surface area contributed by atoms with Gasteiger partial charge in [-0.1, -0.05) is 17.7 Å². The standard InChI is InChI=1S/C13H17NO6S2/c1-8-2-4-10(5-3-8)22(19,20)14-11(13(17)18)6-9(21)7-12(15)16/h2-5,9,11,14,21H,6-7H2,1H3,(H,15,16)(H,17,18). The van der Waals surface area contributed by atoms with Crippen molar-refractivity contribution in [1.29, 1.82) is 0 Å². The summed E-state index contributed by atoms with van der Waals surface area (Å²) in [7, 11) is -4.01. The number of sulfonamides is 1. The van der Waals surface area contributed by atoms with E-state index in [9.17, 15) is 18.0 Å². The summed E-state index contributed by atoms with van der Waals surface area (Å²) in [5.74, 6) is -2.52. The Morgan fingerprint density at radius 1 is 1.23 bits per heavy atom. The van der Waals surface area contributed by atoms with Gasteiger partial charge in [-0.25, -0.2) is 8.42 Å². The molecule has 22 heavy (non-hydrogen) atoms. The lowest BCUT2D eigenvalue weighted by molar-refractivity contribution is -0.140. The predicted molar refractivity (Wildman–Crippen MR) is 82.6 cm³/mol. The molecule has 0 spiro atoms. The average Bonchev–Trinajstić information content (AvgIpc) is 2.37. The third-order valence-corrected chi connectivity index (χ3v) is 4.73. The van der Waals surface area contributed by atoms with E-state index in [0.29, 0.717) is 0 Å². The molecule has 0 saturated carbocycles. The number of carboxylic acid groups (broad SMARTS) is 2. The first-order valence-electron chi connectivity index (χ1n) is 6.33. The van der Waals surface area contributed by atoms with Gasteiger partial charge in [0.05, 0.1) is 11.3 Å². The molecular formula is C13H17NO6S2. The van der Waals surface area contributed by atoms with Crippen molar-refractivity contribution in [2.45, 2.75) is 36.0 Å². The molecule has 1 rings (SSSR count). The van der Waals surface area contributed by atoms with Crippen LogP contribution in [-0.4, -0.2) is 41.9 Å². The van der Waals surface area contributed by atoms with Crippen molar-refractivity contribution in [2.75, 3.05) is 0 Å². The van der Waals surface area contributed by atoms with Crippen LogP contribution < -0.4 is 4.72 Å². The van der Waals surface area contributed by atoms with Gasteiger partial charge in [0.2, 0.25) is 10.0 Å². The summed E-state index contributed by atoms with van der Waals surface area (Å²) in [6.45, 7) is 1.79. The topological polar surface area (TPSA) is 121 Å². The number of carbonyl (C=O) groups is 2. The van der Waals surface area contributed by atoms with Crippen LogP contribution in [0.2, 0.25) is 0 Å². The van der Waals surface area contributed by atoms with E-state index in [2.05, 4.69) is 17.4 Å². The van der Waals surface area contributed by atoms with Crippen LogP contribution in [0, 0.1) is 6.92 Å². The van der Waals surface area contributed by atoms with Crippen LogP contribution in [0.3, 0.4) is 0 Å². The molecule has 0 bridgehead atoms. The molecule has 2 unspecified atom stereocenters. The molecule has 1 aromatic carbocycles. The third-order valence-electron chi connectivity index (χ3n) is 2.84. The van der Waals surface area contributed by atoms with Crippen LogP contribution in [0.4, 0.5) is 0 Å². The number of hydrogen-bond acceptors (Lipinski definition) is 5. The Morgan fingerprint density at radius 2 is 1.77 bits per heavy atom. The third kappa shape index (κ3) is 5.66. The van der Waals surface area contributed by atoms with Crippen molar-refractivity contribution < 1.29 is 28.2 Å². The van der Waals surface area contributed by atoms with Crippen LogP contribution in [0.5, 0.6) is 0 Å². The molecule has 1 aromatic rings. The normalized spacial score (nSPS) is 14.3. The summed E-state index contributed by atoms with van der Waals surface area (Å²) in [4.78, 5) is 21.7. The van der Waals surface area contributed by atoms with Gasteiger partial charge >= 0.3 is 11.9 Å². The fourth-order valence-corrected chi connectivity index (χ4v) is 3.30. The summed E-state index contributed by atoms with van der Waals surface area (Å²) in [6.07, 6.45) is -0.602. The van der Waals surface area contributed by atoms with E-state index in [1.54, 1.807) is 19.1 Å². The Kier molecular flexibility index (Phi) is 6.39. The zero-order valence-corrected chi connectivity index (χ0v) is 13.5. The zero-order chi connectivity index (χ0) is 16.9. The quantitative estimate of drug-likeness (QED) is 0.518. The average molecular weight is 347 g/mol. The van der Waals surface area contributed by atoms with Crippen LogP contribution >= 0.6 is 12.6 Å². The number of rotatable bonds is 8. The molecule has 0 aliphatic carbocycles. The molecule has 0 amide bonds. The number of hydrogen-bond donors (Lipinski definition) is 4. The van der Waals surface area contributed by atoms with Gasteiger partial charge in [0.1, 0.15) is 6.04 Å². The van der Waals surface area contributed by atoms with Crippen molar-refractivity contribution >= 4 is 34.6 Å². The molecule has 0 saturated heterocycles. The molecule has 0 aliphatic heterocycles. The van der Waals surface area contributed by atoms with E-state index in [4.69, 9.17) is 10.2 Å². The van der Waals surface area contributed by atoms with E-state index in [1.165, 1.54) is 12.1 Å². The fourth-order valence-electron chi connectivity index (χ4n) is 1.73. The van der Waals surface area contributed by atoms with Gasteiger partial charge in [-0.15, -0.1) is 0 Å². The largest absolute Gasteiger partial charge is 0.481 e. The number of benzene rings is 1. The Labute approximate surface area is 133 Å². The van der Waals surface area contributed by atoms with Crippen molar-refractivity contribution in [3.63, 3.8) is 0 Å². The van der Waals surface area contributed by atoms with E-state index >= 15 is 0 Å². The van der Waals surface area contributed by atoms with E-state index in [1.807, 2.05) is 0 Å². The molecule has 3 N–H and O–H groups in total. The zero-order valence-electron chi connectivity index (χ0n) is 11.8. The number of aryl methyl sites for hydroxylation is 1. The van der Waals surface area contributed by atoms with Crippen LogP contribution in [0.25, 0.3) is 0 Å². The van der Waals surface area contributed by atoms with E-state index in [0.717, 1.165) is 5.56 Å². The van der Waals surface area contributed by atoms with Gasteiger partial charge < -0.3 is 10.2 Å². The SMILES string of the molecule is Cc1ccc(S(=O)(=O)NC(CC(S)CC(=O)O)C(=O)O)cc1. The highest BCUT2D eigenvalue weighted by molar-refractivity contribution is 7.89. The highest BCUT2D eigenvalue weighted by Gasteiger charge is 2.27. The molecule has 2 atom stereocenters. The number of thiol groups is 1. The molecule has 0 heterocycles. The molecular weight excluding hydrogens is 330 g/mol. The van der Waals surface area contributed by atoms with Crippen LogP contribution in [-0.2, 0) is 19.6 Å². The number of carboxylic acids is 2. The maximum atomic E-state index is 12.1. The summed E-state index contributed by atoms with van der Waals surface area (Å²) < 4.78 is 26.4. The van der Waals surface area contributed by atoms with Crippen molar-refractivity contribution in [3.05, 3.63) is 29.8 Å². The molecule has 0 radical (unpaired) electrons.